The van der Waals surface area contributed by atoms with Crippen LogP contribution in [0.25, 0.3) is 0 Å². The summed E-state index contributed by atoms with van der Waals surface area (Å²) in [5, 5.41) is 8.40. The van der Waals surface area contributed by atoms with Crippen molar-refractivity contribution in [3.8, 4) is 0 Å². The minimum atomic E-state index is -0.308. The molecule has 0 radical (unpaired) electrons. The predicted octanol–water partition coefficient (Wildman–Crippen LogP) is 2.56. The number of rotatable bonds is 4. The van der Waals surface area contributed by atoms with Crippen molar-refractivity contribution < 1.29 is 4.79 Å². The van der Waals surface area contributed by atoms with Gasteiger partial charge in [0.2, 0.25) is 0 Å². The van der Waals surface area contributed by atoms with E-state index in [1.54, 1.807) is 6.92 Å². The molecule has 0 spiro atoms. The van der Waals surface area contributed by atoms with Crippen molar-refractivity contribution in [3.05, 3.63) is 12.3 Å². The monoisotopic (exact) mass is 272 g/mol. The van der Waals surface area contributed by atoms with Gasteiger partial charge in [0.1, 0.15) is 0 Å². The van der Waals surface area contributed by atoms with Crippen LogP contribution in [0, 0.1) is 5.41 Å². The number of allylic oxidation sites excluding steroid dienone is 1. The second-order valence-corrected chi connectivity index (χ2v) is 6.42. The van der Waals surface area contributed by atoms with Gasteiger partial charge in [-0.25, -0.2) is 4.79 Å². The van der Waals surface area contributed by atoms with Crippen molar-refractivity contribution in [2.45, 2.75) is 34.6 Å². The highest BCUT2D eigenvalue weighted by Crippen LogP contribution is 2.12. The summed E-state index contributed by atoms with van der Waals surface area (Å²) in [6.45, 7) is 14.1. The third kappa shape index (κ3) is 7.21. The largest absolute Gasteiger partial charge is 0.377 e. The lowest BCUT2D eigenvalue weighted by Gasteiger charge is -2.22. The Hall–Kier alpha value is -1.17. The van der Waals surface area contributed by atoms with Crippen molar-refractivity contribution in [1.82, 2.24) is 10.3 Å². The van der Waals surface area contributed by atoms with Crippen molar-refractivity contribution in [3.63, 3.8) is 0 Å². The molecular formula is C12H24N4OS. The number of hydrazone groups is 1. The summed E-state index contributed by atoms with van der Waals surface area (Å²) in [5.74, 6) is 0.809. The smallest absolute Gasteiger partial charge is 0.342 e. The molecule has 5 nitrogen and oxygen atoms in total. The fourth-order valence-electron chi connectivity index (χ4n) is 0.995. The number of nitrogens with two attached hydrogens (primary N) is 1. The Balaban J connectivity index is 4.66. The summed E-state index contributed by atoms with van der Waals surface area (Å²) < 4.78 is 0. The number of urea groups is 1. The quantitative estimate of drug-likeness (QED) is 0.469. The van der Waals surface area contributed by atoms with Gasteiger partial charge in [-0.05, 0) is 18.1 Å². The van der Waals surface area contributed by atoms with E-state index in [9.17, 15) is 4.79 Å². The summed E-state index contributed by atoms with van der Waals surface area (Å²) in [5.41, 5.74) is 6.24. The van der Waals surface area contributed by atoms with E-state index in [1.165, 1.54) is 16.8 Å². The minimum Gasteiger partial charge on any atom is -0.377 e. The zero-order chi connectivity index (χ0) is 14.3. The highest BCUT2D eigenvalue weighted by molar-refractivity contribution is 8.13. The Morgan fingerprint density at radius 3 is 2.44 bits per heavy atom. The highest BCUT2D eigenvalue weighted by Gasteiger charge is 2.17. The van der Waals surface area contributed by atoms with Crippen LogP contribution in [0.4, 0.5) is 4.79 Å². The Labute approximate surface area is 114 Å². The van der Waals surface area contributed by atoms with Gasteiger partial charge in [-0.1, -0.05) is 46.0 Å². The average molecular weight is 272 g/mol. The molecule has 0 aliphatic carbocycles. The molecule has 2 amide bonds. The Kier molecular flexibility index (Phi) is 6.83. The van der Waals surface area contributed by atoms with Crippen LogP contribution in [0.15, 0.2) is 17.4 Å². The maximum atomic E-state index is 12.0. The van der Waals surface area contributed by atoms with E-state index in [-0.39, 0.29) is 11.4 Å². The van der Waals surface area contributed by atoms with Crippen LogP contribution in [0.3, 0.4) is 0 Å². The van der Waals surface area contributed by atoms with Crippen LogP contribution in [0.2, 0.25) is 0 Å². The third-order valence-electron chi connectivity index (χ3n) is 1.81. The average Bonchev–Trinajstić information content (AvgIpc) is 2.21. The predicted molar refractivity (Wildman–Crippen MR) is 79.3 cm³/mol. The summed E-state index contributed by atoms with van der Waals surface area (Å²) >= 11 is 1.38. The van der Waals surface area contributed by atoms with Crippen molar-refractivity contribution in [1.29, 1.82) is 0 Å². The first-order chi connectivity index (χ1) is 8.17. The SMILES string of the molecule is C=C(C)N(N=C(N)SCC)C(=O)NCC(C)(C)C. The molecule has 104 valence electrons. The van der Waals surface area contributed by atoms with Gasteiger partial charge in [-0.2, -0.15) is 5.01 Å². The highest BCUT2D eigenvalue weighted by atomic mass is 32.2. The van der Waals surface area contributed by atoms with Crippen molar-refractivity contribution in [2.75, 3.05) is 12.3 Å². The van der Waals surface area contributed by atoms with E-state index < -0.39 is 0 Å². The summed E-state index contributed by atoms with van der Waals surface area (Å²) in [6.07, 6.45) is 0. The van der Waals surface area contributed by atoms with E-state index in [0.29, 0.717) is 17.4 Å². The molecule has 0 aromatic heterocycles. The Bertz CT molecular complexity index is 333. The Morgan fingerprint density at radius 1 is 1.50 bits per heavy atom. The number of hydrogen-bond acceptors (Lipinski definition) is 3. The standard InChI is InChI=1S/C12H24N4OS/c1-7-18-10(13)15-16(9(2)3)11(17)14-8-12(4,5)6/h2,7-8H2,1,3-6H3,(H2,13,15)(H,14,17). The lowest BCUT2D eigenvalue weighted by atomic mass is 9.97. The molecular weight excluding hydrogens is 248 g/mol. The molecule has 0 atom stereocenters. The van der Waals surface area contributed by atoms with Crippen LogP contribution in [-0.2, 0) is 0 Å². The lowest BCUT2D eigenvalue weighted by molar-refractivity contribution is 0.208. The normalized spacial score (nSPS) is 12.2. The molecule has 0 aliphatic heterocycles. The number of carbonyl (C=O) groups excluding carboxylic acids is 1. The molecule has 0 aliphatic rings. The molecule has 0 bridgehead atoms. The van der Waals surface area contributed by atoms with Crippen LogP contribution in [0.1, 0.15) is 34.6 Å². The van der Waals surface area contributed by atoms with Gasteiger partial charge in [-0.15, -0.1) is 5.10 Å². The molecule has 0 aromatic rings. The molecule has 0 rings (SSSR count). The van der Waals surface area contributed by atoms with Crippen LogP contribution in [0.5, 0.6) is 0 Å². The van der Waals surface area contributed by atoms with Gasteiger partial charge in [0.25, 0.3) is 0 Å². The first kappa shape index (κ1) is 16.8. The van der Waals surface area contributed by atoms with Gasteiger partial charge >= 0.3 is 6.03 Å². The summed E-state index contributed by atoms with van der Waals surface area (Å²) in [6, 6.07) is -0.308. The second kappa shape index (κ2) is 7.31. The molecule has 0 saturated heterocycles. The van der Waals surface area contributed by atoms with Gasteiger partial charge in [0, 0.05) is 12.2 Å². The molecule has 18 heavy (non-hydrogen) atoms. The molecule has 0 unspecified atom stereocenters. The van der Waals surface area contributed by atoms with E-state index >= 15 is 0 Å². The number of carbonyl (C=O) groups is 1. The number of hydrogen-bond donors (Lipinski definition) is 2. The van der Waals surface area contributed by atoms with E-state index in [0.717, 1.165) is 5.75 Å². The summed E-state index contributed by atoms with van der Waals surface area (Å²) in [4.78, 5) is 12.0. The second-order valence-electron chi connectivity index (χ2n) is 5.14. The maximum absolute atomic E-state index is 12.0. The third-order valence-corrected chi connectivity index (χ3v) is 2.48. The molecule has 0 fully saturated rings. The van der Waals surface area contributed by atoms with Gasteiger partial charge in [-0.3, -0.25) is 0 Å². The zero-order valence-corrected chi connectivity index (χ0v) is 12.7. The maximum Gasteiger partial charge on any atom is 0.342 e. The fourth-order valence-corrected chi connectivity index (χ4v) is 1.43. The summed E-state index contributed by atoms with van der Waals surface area (Å²) in [7, 11) is 0. The fraction of sp³-hybridized carbons (Fsp3) is 0.667. The Morgan fingerprint density at radius 2 is 2.06 bits per heavy atom. The van der Waals surface area contributed by atoms with Gasteiger partial charge in [0.05, 0.1) is 0 Å². The van der Waals surface area contributed by atoms with Gasteiger partial charge < -0.3 is 11.1 Å². The van der Waals surface area contributed by atoms with Crippen LogP contribution < -0.4 is 11.1 Å². The zero-order valence-electron chi connectivity index (χ0n) is 11.9. The first-order valence-corrected chi connectivity index (χ1v) is 6.86. The van der Waals surface area contributed by atoms with E-state index in [4.69, 9.17) is 5.73 Å². The first-order valence-electron chi connectivity index (χ1n) is 5.87. The molecule has 6 heteroatoms. The van der Waals surface area contributed by atoms with Crippen LogP contribution in [-0.4, -0.2) is 28.5 Å². The number of nitrogens with zero attached hydrogens (tertiary/aromatic N) is 2. The van der Waals surface area contributed by atoms with Crippen molar-refractivity contribution >= 4 is 23.0 Å². The van der Waals surface area contributed by atoms with Gasteiger partial charge in [0.15, 0.2) is 5.17 Å². The lowest BCUT2D eigenvalue weighted by Crippen LogP contribution is -2.40. The molecule has 0 aromatic carbocycles. The minimum absolute atomic E-state index is 0.0177. The molecule has 0 heterocycles. The topological polar surface area (TPSA) is 70.7 Å². The van der Waals surface area contributed by atoms with E-state index in [1.807, 2.05) is 27.7 Å². The van der Waals surface area contributed by atoms with Crippen molar-refractivity contribution in [2.24, 2.45) is 16.3 Å². The molecule has 3 N–H and O–H groups in total. The molecule has 0 saturated carbocycles. The number of amides is 2. The number of amidine groups is 1. The number of thioether (sulfide) groups is 1. The number of nitrogens with one attached hydrogen (secondary N) is 1. The van der Waals surface area contributed by atoms with E-state index in [2.05, 4.69) is 17.0 Å². The van der Waals surface area contributed by atoms with Crippen LogP contribution >= 0.6 is 11.8 Å².